The first-order valence-corrected chi connectivity index (χ1v) is 7.57. The van der Waals surface area contributed by atoms with Gasteiger partial charge in [-0.25, -0.2) is 4.39 Å². The number of nitrogens with zero attached hydrogens (tertiary/aromatic N) is 3. The Kier molecular flexibility index (Phi) is 4.96. The van der Waals surface area contributed by atoms with Crippen molar-refractivity contribution in [1.82, 2.24) is 10.1 Å². The average Bonchev–Trinajstić information content (AvgIpc) is 3.08. The van der Waals surface area contributed by atoms with Crippen molar-refractivity contribution in [3.05, 3.63) is 71.4 Å². The number of aryl methyl sites for hydroxylation is 1. The van der Waals surface area contributed by atoms with Crippen LogP contribution in [0.2, 0.25) is 0 Å². The molecule has 0 unspecified atom stereocenters. The Morgan fingerprint density at radius 3 is 2.79 bits per heavy atom. The molecule has 1 aromatic heterocycles. The number of hydrogen-bond donors (Lipinski definition) is 0. The van der Waals surface area contributed by atoms with Gasteiger partial charge in [0.2, 0.25) is 5.82 Å². The molecule has 3 aromatic rings. The fourth-order valence-electron chi connectivity index (χ4n) is 2.10. The molecular weight excluding hydrogens is 309 g/mol. The zero-order valence-corrected chi connectivity index (χ0v) is 13.1. The second kappa shape index (κ2) is 7.50. The van der Waals surface area contributed by atoms with Gasteiger partial charge in [-0.3, -0.25) is 0 Å². The molecule has 0 aliphatic heterocycles. The van der Waals surface area contributed by atoms with Crippen LogP contribution in [0.5, 0.6) is 0 Å². The normalized spacial score (nSPS) is 11.1. The molecule has 122 valence electrons. The molecule has 0 saturated carbocycles. The molecule has 0 atom stereocenters. The highest BCUT2D eigenvalue weighted by Crippen LogP contribution is 2.17. The fraction of sp³-hybridized carbons (Fsp3) is 0.167. The van der Waals surface area contributed by atoms with E-state index in [2.05, 4.69) is 22.2 Å². The van der Waals surface area contributed by atoms with Crippen molar-refractivity contribution in [3.63, 3.8) is 0 Å². The first-order valence-electron chi connectivity index (χ1n) is 7.57. The summed E-state index contributed by atoms with van der Waals surface area (Å²) < 4.78 is 18.1. The smallest absolute Gasteiger partial charge is 0.267 e. The minimum absolute atomic E-state index is 0.0475. The van der Waals surface area contributed by atoms with Crippen molar-refractivity contribution in [2.45, 2.75) is 20.0 Å². The predicted molar refractivity (Wildman–Crippen MR) is 87.9 cm³/mol. The third-order valence-corrected chi connectivity index (χ3v) is 3.40. The van der Waals surface area contributed by atoms with Crippen LogP contribution in [0.25, 0.3) is 11.4 Å². The summed E-state index contributed by atoms with van der Waals surface area (Å²) in [6, 6.07) is 14.0. The molecule has 0 saturated heterocycles. The fourth-order valence-corrected chi connectivity index (χ4v) is 2.10. The molecule has 0 aliphatic carbocycles. The van der Waals surface area contributed by atoms with E-state index in [-0.39, 0.29) is 12.4 Å². The minimum atomic E-state index is -0.324. The van der Waals surface area contributed by atoms with Gasteiger partial charge in [0.15, 0.2) is 6.61 Å². The van der Waals surface area contributed by atoms with Crippen LogP contribution < -0.4 is 0 Å². The third kappa shape index (κ3) is 4.04. The topological polar surface area (TPSA) is 60.5 Å². The molecule has 0 radical (unpaired) electrons. The highest BCUT2D eigenvalue weighted by molar-refractivity contribution is 5.78. The van der Waals surface area contributed by atoms with Gasteiger partial charge in [-0.1, -0.05) is 53.6 Å². The standard InChI is InChI=1S/C18H16FN3O2/c1-2-13-6-8-15(9-7-13)18-21-17(24-22-18)12-23-20-11-14-4-3-5-16(19)10-14/h3-11H,2,12H2,1H3/b20-11-. The highest BCUT2D eigenvalue weighted by Gasteiger charge is 2.08. The lowest BCUT2D eigenvalue weighted by Gasteiger charge is -1.97. The SMILES string of the molecule is CCc1ccc(-c2noc(CO/N=C\c3cccc(F)c3)n2)cc1. The van der Waals surface area contributed by atoms with E-state index in [1.54, 1.807) is 12.1 Å². The zero-order valence-electron chi connectivity index (χ0n) is 13.1. The largest absolute Gasteiger partial charge is 0.386 e. The van der Waals surface area contributed by atoms with Gasteiger partial charge < -0.3 is 9.36 Å². The van der Waals surface area contributed by atoms with E-state index in [0.717, 1.165) is 12.0 Å². The minimum Gasteiger partial charge on any atom is -0.386 e. The Balaban J connectivity index is 1.57. The maximum atomic E-state index is 13.0. The second-order valence-corrected chi connectivity index (χ2v) is 5.13. The Hall–Kier alpha value is -3.02. The number of rotatable bonds is 6. The van der Waals surface area contributed by atoms with Gasteiger partial charge >= 0.3 is 0 Å². The first kappa shape index (κ1) is 15.9. The number of hydrogen-bond acceptors (Lipinski definition) is 5. The Morgan fingerprint density at radius 2 is 2.04 bits per heavy atom. The maximum Gasteiger partial charge on any atom is 0.267 e. The van der Waals surface area contributed by atoms with Crippen molar-refractivity contribution >= 4 is 6.21 Å². The van der Waals surface area contributed by atoms with E-state index >= 15 is 0 Å². The van der Waals surface area contributed by atoms with Crippen LogP contribution in [0.4, 0.5) is 4.39 Å². The van der Waals surface area contributed by atoms with Crippen molar-refractivity contribution in [3.8, 4) is 11.4 Å². The number of benzene rings is 2. The van der Waals surface area contributed by atoms with Crippen LogP contribution >= 0.6 is 0 Å². The lowest BCUT2D eigenvalue weighted by Crippen LogP contribution is -1.89. The summed E-state index contributed by atoms with van der Waals surface area (Å²) in [7, 11) is 0. The molecule has 1 heterocycles. The summed E-state index contributed by atoms with van der Waals surface area (Å²) in [5.74, 6) is 0.501. The Bertz CT molecular complexity index is 828. The van der Waals surface area contributed by atoms with E-state index in [4.69, 9.17) is 9.36 Å². The first-order chi connectivity index (χ1) is 11.7. The van der Waals surface area contributed by atoms with Gasteiger partial charge in [-0.15, -0.1) is 0 Å². The quantitative estimate of drug-likeness (QED) is 0.508. The summed E-state index contributed by atoms with van der Waals surface area (Å²) in [6.45, 7) is 2.15. The van der Waals surface area contributed by atoms with Gasteiger partial charge in [0, 0.05) is 5.56 Å². The number of oxime groups is 1. The van der Waals surface area contributed by atoms with Gasteiger partial charge in [0.25, 0.3) is 5.89 Å². The molecule has 0 bridgehead atoms. The third-order valence-electron chi connectivity index (χ3n) is 3.40. The zero-order chi connectivity index (χ0) is 16.8. The lowest BCUT2D eigenvalue weighted by molar-refractivity contribution is 0.107. The van der Waals surface area contributed by atoms with Crippen LogP contribution in [0.1, 0.15) is 23.9 Å². The average molecular weight is 325 g/mol. The van der Waals surface area contributed by atoms with Gasteiger partial charge in [-0.05, 0) is 29.7 Å². The summed E-state index contributed by atoms with van der Waals surface area (Å²) in [5.41, 5.74) is 2.74. The van der Waals surface area contributed by atoms with Crippen LogP contribution in [0.15, 0.2) is 58.2 Å². The van der Waals surface area contributed by atoms with Crippen molar-refractivity contribution in [2.75, 3.05) is 0 Å². The van der Waals surface area contributed by atoms with Gasteiger partial charge in [0.05, 0.1) is 6.21 Å². The molecule has 0 amide bonds. The van der Waals surface area contributed by atoms with E-state index < -0.39 is 0 Å². The number of halogens is 1. The molecule has 3 rings (SSSR count). The van der Waals surface area contributed by atoms with Crippen LogP contribution in [0, 0.1) is 5.82 Å². The molecular formula is C18H16FN3O2. The molecule has 2 aromatic carbocycles. The van der Waals surface area contributed by atoms with Gasteiger partial charge in [0.1, 0.15) is 5.82 Å². The molecule has 5 nitrogen and oxygen atoms in total. The summed E-state index contributed by atoms with van der Waals surface area (Å²) in [4.78, 5) is 9.36. The highest BCUT2D eigenvalue weighted by atomic mass is 19.1. The van der Waals surface area contributed by atoms with Gasteiger partial charge in [-0.2, -0.15) is 4.98 Å². The van der Waals surface area contributed by atoms with Crippen LogP contribution in [-0.2, 0) is 17.9 Å². The Morgan fingerprint density at radius 1 is 1.21 bits per heavy atom. The summed E-state index contributed by atoms with van der Waals surface area (Å²) in [5, 5.41) is 7.69. The van der Waals surface area contributed by atoms with E-state index in [0.29, 0.717) is 17.3 Å². The van der Waals surface area contributed by atoms with Crippen LogP contribution in [-0.4, -0.2) is 16.4 Å². The summed E-state index contributed by atoms with van der Waals surface area (Å²) >= 11 is 0. The lowest BCUT2D eigenvalue weighted by atomic mass is 10.1. The van der Waals surface area contributed by atoms with E-state index in [9.17, 15) is 4.39 Å². The monoisotopic (exact) mass is 325 g/mol. The molecule has 6 heteroatoms. The second-order valence-electron chi connectivity index (χ2n) is 5.13. The predicted octanol–water partition coefficient (Wildman–Crippen LogP) is 3.99. The summed E-state index contributed by atoms with van der Waals surface area (Å²) in [6.07, 6.45) is 2.40. The number of aromatic nitrogens is 2. The van der Waals surface area contributed by atoms with Crippen molar-refractivity contribution in [2.24, 2.45) is 5.16 Å². The van der Waals surface area contributed by atoms with Crippen molar-refractivity contribution in [1.29, 1.82) is 0 Å². The molecule has 0 spiro atoms. The molecule has 0 fully saturated rings. The maximum absolute atomic E-state index is 13.0. The molecule has 0 N–H and O–H groups in total. The Labute approximate surface area is 138 Å². The molecule has 0 aliphatic rings. The van der Waals surface area contributed by atoms with Crippen LogP contribution in [0.3, 0.4) is 0 Å². The van der Waals surface area contributed by atoms with Crippen molar-refractivity contribution < 1.29 is 13.8 Å². The molecule has 24 heavy (non-hydrogen) atoms. The van der Waals surface area contributed by atoms with E-state index in [1.165, 1.54) is 23.9 Å². The van der Waals surface area contributed by atoms with E-state index in [1.807, 2.05) is 24.3 Å².